The number of amides is 2. The molecule has 0 aliphatic carbocycles. The lowest BCUT2D eigenvalue weighted by molar-refractivity contribution is -0.142. The van der Waals surface area contributed by atoms with Gasteiger partial charge in [-0.2, -0.15) is 0 Å². The third kappa shape index (κ3) is 8.15. The van der Waals surface area contributed by atoms with Crippen LogP contribution in [0.25, 0.3) is 0 Å². The van der Waals surface area contributed by atoms with E-state index in [1.165, 1.54) is 5.56 Å². The summed E-state index contributed by atoms with van der Waals surface area (Å²) in [6.45, 7) is 8.38. The lowest BCUT2D eigenvalue weighted by Crippen LogP contribution is -2.46. The molecule has 0 aliphatic rings. The average molecular weight is 442 g/mol. The van der Waals surface area contributed by atoms with Crippen LogP contribution in [0.2, 0.25) is 0 Å². The summed E-state index contributed by atoms with van der Waals surface area (Å²) in [6, 6.07) is 14.4. The molecule has 0 aliphatic heterocycles. The molecule has 1 aromatic carbocycles. The zero-order valence-electron chi connectivity index (χ0n) is 20.1. The molecule has 2 rings (SSSR count). The van der Waals surface area contributed by atoms with Crippen molar-refractivity contribution in [3.05, 3.63) is 59.9 Å². The van der Waals surface area contributed by atoms with Gasteiger partial charge in [-0.15, -0.1) is 0 Å². The number of nitrogens with zero attached hydrogens (tertiary/aromatic N) is 3. The Morgan fingerprint density at radius 1 is 1.03 bits per heavy atom. The topological polar surface area (TPSA) is 54.8 Å². The molecule has 1 aromatic heterocycles. The molecule has 0 atom stereocenters. The summed E-state index contributed by atoms with van der Waals surface area (Å²) >= 11 is 0. The summed E-state index contributed by atoms with van der Waals surface area (Å²) in [4.78, 5) is 29.5. The largest absolute Gasteiger partial charge is 0.383 e. The molecule has 6 heteroatoms. The zero-order valence-corrected chi connectivity index (χ0v) is 20.1. The minimum Gasteiger partial charge on any atom is -0.383 e. The van der Waals surface area contributed by atoms with E-state index in [1.807, 2.05) is 49.2 Å². The van der Waals surface area contributed by atoms with Gasteiger partial charge in [0.25, 0.3) is 0 Å². The van der Waals surface area contributed by atoms with E-state index in [4.69, 9.17) is 4.74 Å². The first-order valence-electron chi connectivity index (χ1n) is 11.7. The Balaban J connectivity index is 2.08. The Labute approximate surface area is 193 Å². The molecule has 2 aromatic rings. The maximum atomic E-state index is 13.3. The van der Waals surface area contributed by atoms with Gasteiger partial charge in [0, 0.05) is 44.6 Å². The number of aromatic nitrogens is 1. The van der Waals surface area contributed by atoms with Gasteiger partial charge in [0.05, 0.1) is 19.7 Å². The highest BCUT2D eigenvalue weighted by atomic mass is 16.5. The normalized spacial score (nSPS) is 11.0. The smallest absolute Gasteiger partial charge is 0.242 e. The number of benzene rings is 1. The molecule has 0 spiro atoms. The van der Waals surface area contributed by atoms with Crippen molar-refractivity contribution in [3.63, 3.8) is 0 Å². The van der Waals surface area contributed by atoms with Crippen molar-refractivity contribution in [1.82, 2.24) is 14.4 Å². The van der Waals surface area contributed by atoms with Crippen LogP contribution in [0.3, 0.4) is 0 Å². The van der Waals surface area contributed by atoms with Gasteiger partial charge in [-0.25, -0.2) is 0 Å². The molecule has 0 fully saturated rings. The van der Waals surface area contributed by atoms with Crippen LogP contribution < -0.4 is 0 Å². The zero-order chi connectivity index (χ0) is 23.3. The number of unbranched alkanes of at least 4 members (excludes halogenated alkanes) is 2. The molecule has 176 valence electrons. The van der Waals surface area contributed by atoms with E-state index in [0.29, 0.717) is 26.1 Å². The summed E-state index contributed by atoms with van der Waals surface area (Å²) in [6.07, 6.45) is 5.47. The monoisotopic (exact) mass is 441 g/mol. The first-order valence-corrected chi connectivity index (χ1v) is 11.7. The van der Waals surface area contributed by atoms with Crippen LogP contribution in [0.5, 0.6) is 0 Å². The van der Waals surface area contributed by atoms with E-state index in [1.54, 1.807) is 12.0 Å². The van der Waals surface area contributed by atoms with Crippen LogP contribution in [0.1, 0.15) is 57.7 Å². The van der Waals surface area contributed by atoms with Crippen molar-refractivity contribution < 1.29 is 14.3 Å². The molecular weight excluding hydrogens is 402 g/mol. The fourth-order valence-electron chi connectivity index (χ4n) is 3.69. The molecule has 0 bridgehead atoms. The number of hydrogen-bond acceptors (Lipinski definition) is 3. The van der Waals surface area contributed by atoms with E-state index in [9.17, 15) is 9.59 Å². The van der Waals surface area contributed by atoms with Gasteiger partial charge in [-0.05, 0) is 38.0 Å². The molecule has 0 saturated carbocycles. The van der Waals surface area contributed by atoms with Gasteiger partial charge in [0.1, 0.15) is 0 Å². The highest BCUT2D eigenvalue weighted by Gasteiger charge is 2.23. The predicted octanol–water partition coefficient (Wildman–Crippen LogP) is 4.33. The molecule has 0 saturated heterocycles. The second-order valence-corrected chi connectivity index (χ2v) is 8.49. The van der Waals surface area contributed by atoms with Gasteiger partial charge in [-0.3, -0.25) is 9.59 Å². The molecular formula is C26H39N3O3. The van der Waals surface area contributed by atoms with Gasteiger partial charge in [-0.1, -0.05) is 50.1 Å². The number of methoxy groups -OCH3 is 1. The fraction of sp³-hybridized carbons (Fsp3) is 0.538. The van der Waals surface area contributed by atoms with Crippen molar-refractivity contribution in [2.24, 2.45) is 0 Å². The standard InChI is InChI=1S/C26H39N3O3/c1-5-6-8-15-25(30)28(17-18-32-4)21-26(31)29(22(2)3)20-24-14-11-16-27(24)19-23-12-9-7-10-13-23/h7,9-14,16,22H,5-6,8,15,17-21H2,1-4H3. The molecule has 0 N–H and O–H groups in total. The molecule has 32 heavy (non-hydrogen) atoms. The van der Waals surface area contributed by atoms with Crippen molar-refractivity contribution in [2.75, 3.05) is 26.8 Å². The van der Waals surface area contributed by atoms with E-state index in [0.717, 1.165) is 31.5 Å². The molecule has 0 radical (unpaired) electrons. The summed E-state index contributed by atoms with van der Waals surface area (Å²) in [5.74, 6) is -0.00702. The van der Waals surface area contributed by atoms with E-state index in [2.05, 4.69) is 29.7 Å². The first-order chi connectivity index (χ1) is 15.5. The molecule has 1 heterocycles. The Bertz CT molecular complexity index is 817. The Morgan fingerprint density at radius 3 is 2.44 bits per heavy atom. The van der Waals surface area contributed by atoms with E-state index in [-0.39, 0.29) is 24.4 Å². The second kappa shape index (κ2) is 13.7. The summed E-state index contributed by atoms with van der Waals surface area (Å²) < 4.78 is 7.35. The highest BCUT2D eigenvalue weighted by molar-refractivity contribution is 5.85. The van der Waals surface area contributed by atoms with E-state index >= 15 is 0 Å². The van der Waals surface area contributed by atoms with Gasteiger partial charge in [0.2, 0.25) is 11.8 Å². The van der Waals surface area contributed by atoms with Crippen molar-refractivity contribution in [2.45, 2.75) is 65.6 Å². The predicted molar refractivity (Wildman–Crippen MR) is 128 cm³/mol. The van der Waals surface area contributed by atoms with Crippen LogP contribution in [-0.2, 0) is 27.4 Å². The van der Waals surface area contributed by atoms with Crippen LogP contribution in [0.4, 0.5) is 0 Å². The van der Waals surface area contributed by atoms with Crippen LogP contribution >= 0.6 is 0 Å². The van der Waals surface area contributed by atoms with Crippen LogP contribution in [0.15, 0.2) is 48.7 Å². The molecule has 0 unspecified atom stereocenters. The number of carbonyl (C=O) groups excluding carboxylic acids is 2. The fourth-order valence-corrected chi connectivity index (χ4v) is 3.69. The van der Waals surface area contributed by atoms with E-state index < -0.39 is 0 Å². The summed E-state index contributed by atoms with van der Waals surface area (Å²) in [5.41, 5.74) is 2.30. The maximum absolute atomic E-state index is 13.3. The van der Waals surface area contributed by atoms with Crippen molar-refractivity contribution >= 4 is 11.8 Å². The highest BCUT2D eigenvalue weighted by Crippen LogP contribution is 2.14. The average Bonchev–Trinajstić information content (AvgIpc) is 3.21. The first kappa shape index (κ1) is 25.7. The van der Waals surface area contributed by atoms with Gasteiger partial charge < -0.3 is 19.1 Å². The number of rotatable bonds is 14. The third-order valence-corrected chi connectivity index (χ3v) is 5.63. The maximum Gasteiger partial charge on any atom is 0.242 e. The third-order valence-electron chi connectivity index (χ3n) is 5.63. The lowest BCUT2D eigenvalue weighted by atomic mass is 10.2. The number of hydrogen-bond donors (Lipinski definition) is 0. The Morgan fingerprint density at radius 2 is 1.78 bits per heavy atom. The van der Waals surface area contributed by atoms with Crippen LogP contribution in [-0.4, -0.2) is 59.0 Å². The summed E-state index contributed by atoms with van der Waals surface area (Å²) in [5, 5.41) is 0. The number of ether oxygens (including phenoxy) is 1. The minimum atomic E-state index is -0.0348. The van der Waals surface area contributed by atoms with Gasteiger partial charge >= 0.3 is 0 Å². The molecule has 6 nitrogen and oxygen atoms in total. The SMILES string of the molecule is CCCCCC(=O)N(CCOC)CC(=O)N(Cc1cccn1Cc1ccccc1)C(C)C. The molecule has 2 amide bonds. The number of carbonyl (C=O) groups is 2. The second-order valence-electron chi connectivity index (χ2n) is 8.49. The minimum absolute atomic E-state index is 0.0278. The summed E-state index contributed by atoms with van der Waals surface area (Å²) in [7, 11) is 1.61. The lowest BCUT2D eigenvalue weighted by Gasteiger charge is -2.30. The van der Waals surface area contributed by atoms with Crippen LogP contribution in [0, 0.1) is 0 Å². The quantitative estimate of drug-likeness (QED) is 0.410. The van der Waals surface area contributed by atoms with Crippen molar-refractivity contribution in [1.29, 1.82) is 0 Å². The van der Waals surface area contributed by atoms with Gasteiger partial charge in [0.15, 0.2) is 0 Å². The Hall–Kier alpha value is -2.60. The Kier molecular flexibility index (Phi) is 11.0. The van der Waals surface area contributed by atoms with Crippen molar-refractivity contribution in [3.8, 4) is 0 Å².